The number of fused-ring (bicyclic) bond motifs is 1. The lowest BCUT2D eigenvalue weighted by Gasteiger charge is -2.27. The number of benzene rings is 2. The van der Waals surface area contributed by atoms with Gasteiger partial charge in [-0.25, -0.2) is 8.42 Å². The molecular formula is C24H24Cl2N2O7S. The van der Waals surface area contributed by atoms with E-state index in [1.165, 1.54) is 36.5 Å². The van der Waals surface area contributed by atoms with Gasteiger partial charge in [-0.3, -0.25) is 4.79 Å². The van der Waals surface area contributed by atoms with Crippen molar-refractivity contribution < 1.29 is 31.8 Å². The van der Waals surface area contributed by atoms with Crippen molar-refractivity contribution in [3.05, 3.63) is 76.2 Å². The first-order valence-electron chi connectivity index (χ1n) is 10.9. The van der Waals surface area contributed by atoms with Crippen molar-refractivity contribution in [2.75, 3.05) is 33.6 Å². The fourth-order valence-electron chi connectivity index (χ4n) is 3.62. The highest BCUT2D eigenvalue weighted by atomic mass is 35.5. The number of halogens is 2. The molecule has 0 saturated heterocycles. The number of sulfonamides is 1. The Balaban J connectivity index is 1.60. The molecule has 192 valence electrons. The minimum atomic E-state index is -4.17. The second-order valence-corrected chi connectivity index (χ2v) is 10.7. The van der Waals surface area contributed by atoms with E-state index in [4.69, 9.17) is 41.8 Å². The van der Waals surface area contributed by atoms with Crippen molar-refractivity contribution in [2.45, 2.75) is 18.0 Å². The molecule has 36 heavy (non-hydrogen) atoms. The number of carbonyl (C=O) groups is 1. The maximum absolute atomic E-state index is 13.5. The van der Waals surface area contributed by atoms with Crippen LogP contribution in [0.5, 0.6) is 11.5 Å². The number of nitrogens with zero attached hydrogens (tertiary/aromatic N) is 2. The molecule has 1 amide bonds. The van der Waals surface area contributed by atoms with Crippen LogP contribution in [0.4, 0.5) is 0 Å². The van der Waals surface area contributed by atoms with Gasteiger partial charge in [0.15, 0.2) is 11.5 Å². The Morgan fingerprint density at radius 3 is 2.61 bits per heavy atom. The molecule has 0 bridgehead atoms. The van der Waals surface area contributed by atoms with E-state index in [0.717, 1.165) is 9.87 Å². The van der Waals surface area contributed by atoms with Crippen LogP contribution in [0.15, 0.2) is 64.1 Å². The monoisotopic (exact) mass is 554 g/mol. The zero-order chi connectivity index (χ0) is 25.7. The van der Waals surface area contributed by atoms with Gasteiger partial charge in [-0.05, 0) is 48.0 Å². The third-order valence-corrected chi connectivity index (χ3v) is 8.02. The summed E-state index contributed by atoms with van der Waals surface area (Å²) < 4.78 is 49.3. The van der Waals surface area contributed by atoms with Gasteiger partial charge in [0, 0.05) is 25.2 Å². The summed E-state index contributed by atoms with van der Waals surface area (Å²) in [5.74, 6) is 1.31. The molecule has 0 atom stereocenters. The van der Waals surface area contributed by atoms with Crippen LogP contribution in [-0.2, 0) is 32.6 Å². The van der Waals surface area contributed by atoms with Crippen LogP contribution >= 0.6 is 23.2 Å². The van der Waals surface area contributed by atoms with Gasteiger partial charge in [-0.2, -0.15) is 4.31 Å². The van der Waals surface area contributed by atoms with E-state index < -0.39 is 22.5 Å². The normalized spacial score (nSPS) is 12.8. The van der Waals surface area contributed by atoms with E-state index in [0.29, 0.717) is 17.3 Å². The highest BCUT2D eigenvalue weighted by molar-refractivity contribution is 7.89. The summed E-state index contributed by atoms with van der Waals surface area (Å²) in [6.07, 6.45) is 1.51. The van der Waals surface area contributed by atoms with Gasteiger partial charge >= 0.3 is 0 Å². The molecule has 0 spiro atoms. The number of furan rings is 1. The topological polar surface area (TPSA) is 98.5 Å². The van der Waals surface area contributed by atoms with Gasteiger partial charge in [-0.1, -0.05) is 29.3 Å². The molecule has 1 aliphatic heterocycles. The van der Waals surface area contributed by atoms with Crippen LogP contribution < -0.4 is 9.47 Å². The van der Waals surface area contributed by atoms with Crippen molar-refractivity contribution in [3.63, 3.8) is 0 Å². The van der Waals surface area contributed by atoms with E-state index in [2.05, 4.69) is 0 Å². The lowest BCUT2D eigenvalue weighted by atomic mass is 10.2. The summed E-state index contributed by atoms with van der Waals surface area (Å²) in [7, 11) is -2.72. The van der Waals surface area contributed by atoms with E-state index in [1.807, 2.05) is 6.07 Å². The van der Waals surface area contributed by atoms with Crippen molar-refractivity contribution in [2.24, 2.45) is 0 Å². The smallest absolute Gasteiger partial charge is 0.245 e. The number of ether oxygens (including phenoxy) is 3. The molecule has 0 radical (unpaired) electrons. The molecule has 4 rings (SSSR count). The quantitative estimate of drug-likeness (QED) is 0.350. The summed E-state index contributed by atoms with van der Waals surface area (Å²) in [4.78, 5) is 14.9. The van der Waals surface area contributed by atoms with Crippen LogP contribution in [0.3, 0.4) is 0 Å². The lowest BCUT2D eigenvalue weighted by Crippen LogP contribution is -2.43. The highest BCUT2D eigenvalue weighted by Gasteiger charge is 2.31. The van der Waals surface area contributed by atoms with Gasteiger partial charge in [0.05, 0.1) is 31.0 Å². The molecular weight excluding hydrogens is 531 g/mol. The fraction of sp³-hybridized carbons (Fsp3) is 0.292. The van der Waals surface area contributed by atoms with Gasteiger partial charge in [0.25, 0.3) is 0 Å². The summed E-state index contributed by atoms with van der Waals surface area (Å²) in [5.41, 5.74) is 0.781. The maximum Gasteiger partial charge on any atom is 0.245 e. The fourth-order valence-corrected chi connectivity index (χ4v) is 5.74. The minimum absolute atomic E-state index is 0.00191. The molecule has 0 unspecified atom stereocenters. The van der Waals surface area contributed by atoms with E-state index in [-0.39, 0.29) is 48.0 Å². The number of hydrogen-bond acceptors (Lipinski definition) is 7. The number of methoxy groups -OCH3 is 1. The van der Waals surface area contributed by atoms with Crippen LogP contribution in [0.1, 0.15) is 11.3 Å². The number of hydrogen-bond donors (Lipinski definition) is 0. The van der Waals surface area contributed by atoms with Crippen molar-refractivity contribution in [1.29, 1.82) is 0 Å². The first kappa shape index (κ1) is 26.3. The molecule has 0 saturated carbocycles. The molecule has 1 aromatic heterocycles. The largest absolute Gasteiger partial charge is 0.467 e. The highest BCUT2D eigenvalue weighted by Crippen LogP contribution is 2.33. The number of carbonyl (C=O) groups excluding carboxylic acids is 1. The van der Waals surface area contributed by atoms with Crippen molar-refractivity contribution >= 4 is 39.1 Å². The molecule has 1 aliphatic rings. The molecule has 2 aromatic carbocycles. The first-order valence-corrected chi connectivity index (χ1v) is 13.1. The Labute approximate surface area is 219 Å². The lowest BCUT2D eigenvalue weighted by molar-refractivity contribution is -0.133. The molecule has 9 nitrogen and oxygen atoms in total. The second-order valence-electron chi connectivity index (χ2n) is 7.92. The van der Waals surface area contributed by atoms with E-state index >= 15 is 0 Å². The Hall–Kier alpha value is -2.76. The Morgan fingerprint density at radius 2 is 1.86 bits per heavy atom. The molecule has 12 heteroatoms. The first-order chi connectivity index (χ1) is 17.3. The average Bonchev–Trinajstić information content (AvgIpc) is 3.54. The summed E-state index contributed by atoms with van der Waals surface area (Å²) in [5, 5.41) is 0.209. The van der Waals surface area contributed by atoms with Crippen LogP contribution in [0.2, 0.25) is 10.0 Å². The van der Waals surface area contributed by atoms with Gasteiger partial charge < -0.3 is 23.5 Å². The Kier molecular flexibility index (Phi) is 8.43. The van der Waals surface area contributed by atoms with Crippen LogP contribution in [-0.4, -0.2) is 57.1 Å². The molecule has 0 N–H and O–H groups in total. The van der Waals surface area contributed by atoms with Crippen LogP contribution in [0, 0.1) is 0 Å². The summed E-state index contributed by atoms with van der Waals surface area (Å²) in [6, 6.07) is 13.0. The van der Waals surface area contributed by atoms with E-state index in [9.17, 15) is 13.2 Å². The second kappa shape index (κ2) is 11.5. The average molecular weight is 555 g/mol. The SMILES string of the molecule is COCCN(CC(=O)N(Cc1ccc2c(c1)OCO2)Cc1ccco1)S(=O)(=O)c1cc(Cl)ccc1Cl. The Morgan fingerprint density at radius 1 is 1.06 bits per heavy atom. The Bertz CT molecular complexity index is 1320. The summed E-state index contributed by atoms with van der Waals surface area (Å²) >= 11 is 12.2. The van der Waals surface area contributed by atoms with Crippen LogP contribution in [0.25, 0.3) is 0 Å². The van der Waals surface area contributed by atoms with Crippen molar-refractivity contribution in [3.8, 4) is 11.5 Å². The predicted octanol–water partition coefficient (Wildman–Crippen LogP) is 4.18. The molecule has 3 aromatic rings. The van der Waals surface area contributed by atoms with Gasteiger partial charge in [0.2, 0.25) is 22.7 Å². The van der Waals surface area contributed by atoms with Gasteiger partial charge in [-0.15, -0.1) is 0 Å². The minimum Gasteiger partial charge on any atom is -0.467 e. The molecule has 0 aliphatic carbocycles. The van der Waals surface area contributed by atoms with E-state index in [1.54, 1.807) is 24.3 Å². The number of amides is 1. The zero-order valence-electron chi connectivity index (χ0n) is 19.4. The van der Waals surface area contributed by atoms with Crippen molar-refractivity contribution in [1.82, 2.24) is 9.21 Å². The predicted molar refractivity (Wildman–Crippen MR) is 133 cm³/mol. The molecule has 2 heterocycles. The van der Waals surface area contributed by atoms with Gasteiger partial charge in [0.1, 0.15) is 10.7 Å². The molecule has 0 fully saturated rings. The zero-order valence-corrected chi connectivity index (χ0v) is 21.7. The summed E-state index contributed by atoms with van der Waals surface area (Å²) in [6.45, 7) is 0.0195. The third kappa shape index (κ3) is 6.13. The third-order valence-electron chi connectivity index (χ3n) is 5.46. The maximum atomic E-state index is 13.5. The number of rotatable bonds is 11. The standard InChI is InChI=1S/C24H24Cl2N2O7S/c1-32-10-8-28(36(30,31)23-12-18(25)5-6-20(23)26)15-24(29)27(14-19-3-2-9-33-19)13-17-4-7-21-22(11-17)35-16-34-21/h2-7,9,11-12H,8,10,13-16H2,1H3.